The maximum Gasteiger partial charge on any atom is 0.328 e. The molecule has 4 heteroatoms. The van der Waals surface area contributed by atoms with E-state index in [1.54, 1.807) is 0 Å². The van der Waals surface area contributed by atoms with Crippen LogP contribution < -0.4 is 5.32 Å². The van der Waals surface area contributed by atoms with E-state index in [1.165, 1.54) is 13.5 Å². The molecule has 0 spiro atoms. The second kappa shape index (κ2) is 5.47. The first-order chi connectivity index (χ1) is 7.12. The van der Waals surface area contributed by atoms with E-state index < -0.39 is 5.54 Å². The summed E-state index contributed by atoms with van der Waals surface area (Å²) in [6.07, 6.45) is 3.81. The molecule has 1 aliphatic rings. The molecule has 0 heterocycles. The Morgan fingerprint density at radius 1 is 1.53 bits per heavy atom. The maximum atomic E-state index is 11.6. The molecule has 1 rings (SSSR count). The molecule has 1 unspecified atom stereocenters. The third-order valence-corrected chi connectivity index (χ3v) is 2.86. The maximum absolute atomic E-state index is 11.6. The van der Waals surface area contributed by atoms with Crippen LogP contribution in [-0.2, 0) is 14.3 Å². The molecule has 1 fully saturated rings. The first-order valence-electron chi connectivity index (χ1n) is 5.57. The van der Waals surface area contributed by atoms with Gasteiger partial charge in [0, 0.05) is 0 Å². The van der Waals surface area contributed by atoms with E-state index in [2.05, 4.69) is 5.32 Å². The average molecular weight is 215 g/mol. The number of nitrogens with one attached hydrogen (secondary N) is 1. The Balaban J connectivity index is 2.43. The molecule has 88 valence electrons. The van der Waals surface area contributed by atoms with Crippen molar-refractivity contribution in [3.63, 3.8) is 0 Å². The quantitative estimate of drug-likeness (QED) is 0.674. The van der Waals surface area contributed by atoms with Gasteiger partial charge in [-0.05, 0) is 32.7 Å². The topological polar surface area (TPSA) is 47.6 Å². The van der Waals surface area contributed by atoms with Crippen molar-refractivity contribution < 1.29 is 14.3 Å². The van der Waals surface area contributed by atoms with E-state index >= 15 is 0 Å². The Morgan fingerprint density at radius 2 is 2.20 bits per heavy atom. The molecule has 1 saturated carbocycles. The highest BCUT2D eigenvalue weighted by atomic mass is 16.5. The van der Waals surface area contributed by atoms with E-state index in [1.807, 2.05) is 13.8 Å². The van der Waals surface area contributed by atoms with Gasteiger partial charge in [-0.15, -0.1) is 0 Å². The van der Waals surface area contributed by atoms with Gasteiger partial charge in [0.25, 0.3) is 0 Å². The van der Waals surface area contributed by atoms with Gasteiger partial charge in [-0.2, -0.15) is 0 Å². The van der Waals surface area contributed by atoms with Gasteiger partial charge in [0.15, 0.2) is 0 Å². The van der Waals surface area contributed by atoms with Gasteiger partial charge in [0.05, 0.1) is 19.8 Å². The van der Waals surface area contributed by atoms with E-state index in [9.17, 15) is 4.79 Å². The van der Waals surface area contributed by atoms with Crippen LogP contribution in [0.15, 0.2) is 0 Å². The molecule has 0 bridgehead atoms. The van der Waals surface area contributed by atoms with Crippen LogP contribution in [0, 0.1) is 0 Å². The van der Waals surface area contributed by atoms with Crippen LogP contribution in [0.3, 0.4) is 0 Å². The Labute approximate surface area is 91.3 Å². The van der Waals surface area contributed by atoms with Gasteiger partial charge < -0.3 is 14.8 Å². The van der Waals surface area contributed by atoms with Gasteiger partial charge in [-0.1, -0.05) is 6.92 Å². The minimum atomic E-state index is -0.709. The van der Waals surface area contributed by atoms with E-state index in [0.29, 0.717) is 12.7 Å². The average Bonchev–Trinajstić information content (AvgIpc) is 2.14. The Bertz CT molecular complexity index is 216. The van der Waals surface area contributed by atoms with Gasteiger partial charge in [0.2, 0.25) is 0 Å². The smallest absolute Gasteiger partial charge is 0.328 e. The lowest BCUT2D eigenvalue weighted by molar-refractivity contribution is -0.152. The standard InChI is InChI=1S/C11H21NO3/c1-4-12-11(2,10(13)14-3)8-15-9-6-5-7-9/h9,12H,4-8H2,1-3H3. The fraction of sp³-hybridized carbons (Fsp3) is 0.909. The molecule has 1 atom stereocenters. The lowest BCUT2D eigenvalue weighted by atomic mass is 9.95. The summed E-state index contributed by atoms with van der Waals surface area (Å²) in [7, 11) is 1.40. The first kappa shape index (κ1) is 12.5. The summed E-state index contributed by atoms with van der Waals surface area (Å²) in [4.78, 5) is 11.6. The third kappa shape index (κ3) is 3.18. The van der Waals surface area contributed by atoms with Crippen LogP contribution in [0.25, 0.3) is 0 Å². The monoisotopic (exact) mass is 215 g/mol. The van der Waals surface area contributed by atoms with E-state index in [4.69, 9.17) is 9.47 Å². The molecule has 0 aromatic carbocycles. The number of hydrogen-bond donors (Lipinski definition) is 1. The third-order valence-electron chi connectivity index (χ3n) is 2.86. The summed E-state index contributed by atoms with van der Waals surface area (Å²) < 4.78 is 10.4. The first-order valence-corrected chi connectivity index (χ1v) is 5.57. The van der Waals surface area contributed by atoms with Gasteiger partial charge in [0.1, 0.15) is 5.54 Å². The van der Waals surface area contributed by atoms with Crippen LogP contribution in [0.5, 0.6) is 0 Å². The van der Waals surface area contributed by atoms with Crippen LogP contribution >= 0.6 is 0 Å². The number of esters is 1. The largest absolute Gasteiger partial charge is 0.468 e. The number of carbonyl (C=O) groups is 1. The number of hydrogen-bond acceptors (Lipinski definition) is 4. The summed E-state index contributed by atoms with van der Waals surface area (Å²) in [5.41, 5.74) is -0.709. The fourth-order valence-electron chi connectivity index (χ4n) is 1.62. The lowest BCUT2D eigenvalue weighted by Gasteiger charge is -2.32. The normalized spacial score (nSPS) is 20.5. The van der Waals surface area contributed by atoms with Crippen molar-refractivity contribution in [1.82, 2.24) is 5.32 Å². The molecule has 1 N–H and O–H groups in total. The van der Waals surface area contributed by atoms with Crippen molar-refractivity contribution >= 4 is 5.97 Å². The summed E-state index contributed by atoms with van der Waals surface area (Å²) in [5.74, 6) is -0.260. The zero-order chi connectivity index (χ0) is 11.3. The van der Waals surface area contributed by atoms with Gasteiger partial charge in [-0.25, -0.2) is 4.79 Å². The van der Waals surface area contributed by atoms with Gasteiger partial charge >= 0.3 is 5.97 Å². The number of likely N-dealkylation sites (N-methyl/N-ethyl adjacent to an activating group) is 1. The van der Waals surface area contributed by atoms with Crippen LogP contribution in [0.2, 0.25) is 0 Å². The Kier molecular flexibility index (Phi) is 4.54. The highest BCUT2D eigenvalue weighted by Crippen LogP contribution is 2.23. The van der Waals surface area contributed by atoms with Crippen LogP contribution in [0.1, 0.15) is 33.1 Å². The number of methoxy groups -OCH3 is 1. The molecule has 0 aromatic heterocycles. The van der Waals surface area contributed by atoms with Gasteiger partial charge in [-0.3, -0.25) is 0 Å². The van der Waals surface area contributed by atoms with Crippen molar-refractivity contribution in [2.45, 2.75) is 44.8 Å². The van der Waals surface area contributed by atoms with Crippen molar-refractivity contribution in [2.75, 3.05) is 20.3 Å². The zero-order valence-corrected chi connectivity index (χ0v) is 9.84. The molecule has 1 aliphatic carbocycles. The molecule has 0 radical (unpaired) electrons. The zero-order valence-electron chi connectivity index (χ0n) is 9.84. The summed E-state index contributed by atoms with van der Waals surface area (Å²) in [5, 5.41) is 3.11. The fourth-order valence-corrected chi connectivity index (χ4v) is 1.62. The molecule has 0 aliphatic heterocycles. The predicted octanol–water partition coefficient (Wildman–Crippen LogP) is 1.10. The second-order valence-electron chi connectivity index (χ2n) is 4.22. The summed E-state index contributed by atoms with van der Waals surface area (Å²) in [6, 6.07) is 0. The highest BCUT2D eigenvalue weighted by molar-refractivity contribution is 5.80. The van der Waals surface area contributed by atoms with E-state index in [0.717, 1.165) is 19.4 Å². The Hall–Kier alpha value is -0.610. The second-order valence-corrected chi connectivity index (χ2v) is 4.22. The summed E-state index contributed by atoms with van der Waals surface area (Å²) in [6.45, 7) is 4.89. The molecule has 15 heavy (non-hydrogen) atoms. The number of ether oxygens (including phenoxy) is 2. The lowest BCUT2D eigenvalue weighted by Crippen LogP contribution is -2.54. The highest BCUT2D eigenvalue weighted by Gasteiger charge is 2.35. The van der Waals surface area contributed by atoms with Crippen molar-refractivity contribution in [3.05, 3.63) is 0 Å². The SMILES string of the molecule is CCNC(C)(COC1CCC1)C(=O)OC. The van der Waals surface area contributed by atoms with Crippen molar-refractivity contribution in [2.24, 2.45) is 0 Å². The molecule has 4 nitrogen and oxygen atoms in total. The minimum absolute atomic E-state index is 0.260. The number of rotatable bonds is 6. The number of carbonyl (C=O) groups excluding carboxylic acids is 1. The molecular weight excluding hydrogens is 194 g/mol. The van der Waals surface area contributed by atoms with E-state index in [-0.39, 0.29) is 5.97 Å². The molecule has 0 aromatic rings. The van der Waals surface area contributed by atoms with Crippen LogP contribution in [0.4, 0.5) is 0 Å². The predicted molar refractivity (Wildman–Crippen MR) is 57.7 cm³/mol. The summed E-state index contributed by atoms with van der Waals surface area (Å²) >= 11 is 0. The molecule has 0 amide bonds. The van der Waals surface area contributed by atoms with Crippen molar-refractivity contribution in [1.29, 1.82) is 0 Å². The van der Waals surface area contributed by atoms with Crippen molar-refractivity contribution in [3.8, 4) is 0 Å². The van der Waals surface area contributed by atoms with Crippen LogP contribution in [-0.4, -0.2) is 37.9 Å². The molecule has 0 saturated heterocycles. The minimum Gasteiger partial charge on any atom is -0.468 e. The Morgan fingerprint density at radius 3 is 2.60 bits per heavy atom. The molecular formula is C11H21NO3.